The molecule has 1 saturated carbocycles. The van der Waals surface area contributed by atoms with Crippen molar-refractivity contribution in [3.05, 3.63) is 0 Å². The van der Waals surface area contributed by atoms with Gasteiger partial charge < -0.3 is 4.74 Å². The Hall–Kier alpha value is -0.0400. The van der Waals surface area contributed by atoms with Crippen molar-refractivity contribution in [3.8, 4) is 0 Å². The normalized spacial score (nSPS) is 32.4. The van der Waals surface area contributed by atoms with Gasteiger partial charge in [0.25, 0.3) is 0 Å². The Morgan fingerprint density at radius 3 is 2.29 bits per heavy atom. The van der Waals surface area contributed by atoms with Crippen LogP contribution >= 0.6 is 0 Å². The summed E-state index contributed by atoms with van der Waals surface area (Å²) in [5.41, 5.74) is 0. The molecule has 0 amide bonds. The van der Waals surface area contributed by atoms with Gasteiger partial charge in [-0.25, -0.2) is 0 Å². The van der Waals surface area contributed by atoms with Gasteiger partial charge in [-0.2, -0.15) is 0 Å². The molecule has 0 bridgehead atoms. The summed E-state index contributed by atoms with van der Waals surface area (Å²) in [6, 6.07) is 0. The van der Waals surface area contributed by atoms with Gasteiger partial charge in [-0.1, -0.05) is 33.1 Å². The minimum atomic E-state index is 0.580. The van der Waals surface area contributed by atoms with Crippen LogP contribution in [0.1, 0.15) is 59.3 Å². The van der Waals surface area contributed by atoms with E-state index in [2.05, 4.69) is 20.8 Å². The van der Waals surface area contributed by atoms with Crippen LogP contribution in [0.15, 0.2) is 0 Å². The van der Waals surface area contributed by atoms with E-state index in [1.165, 1.54) is 38.5 Å². The van der Waals surface area contributed by atoms with Crippen LogP contribution in [0.2, 0.25) is 0 Å². The average Bonchev–Trinajstić information content (AvgIpc) is 2.52. The number of hydrogen-bond donors (Lipinski definition) is 0. The summed E-state index contributed by atoms with van der Waals surface area (Å²) >= 11 is 0. The van der Waals surface area contributed by atoms with E-state index in [9.17, 15) is 0 Å². The van der Waals surface area contributed by atoms with Gasteiger partial charge in [-0.05, 0) is 38.0 Å². The molecule has 0 aromatic carbocycles. The van der Waals surface area contributed by atoms with E-state index in [0.717, 1.165) is 18.4 Å². The van der Waals surface area contributed by atoms with Gasteiger partial charge in [0, 0.05) is 6.61 Å². The number of hydrogen-bond acceptors (Lipinski definition) is 1. The highest BCUT2D eigenvalue weighted by molar-refractivity contribution is 4.85. The average molecular weight is 198 g/mol. The maximum absolute atomic E-state index is 5.84. The molecule has 0 aromatic rings. The molecule has 1 fully saturated rings. The highest BCUT2D eigenvalue weighted by atomic mass is 16.5. The SMILES string of the molecule is CCCC1CCC(OCC)[C@@H]1CCC. The molecular formula is C13H26O. The fourth-order valence-electron chi connectivity index (χ4n) is 3.02. The van der Waals surface area contributed by atoms with Crippen LogP contribution in [0.25, 0.3) is 0 Å². The zero-order valence-electron chi connectivity index (χ0n) is 10.1. The van der Waals surface area contributed by atoms with Crippen LogP contribution in [-0.4, -0.2) is 12.7 Å². The zero-order chi connectivity index (χ0) is 10.4. The zero-order valence-corrected chi connectivity index (χ0v) is 10.1. The molecule has 2 unspecified atom stereocenters. The molecule has 0 saturated heterocycles. The lowest BCUT2D eigenvalue weighted by atomic mass is 9.87. The third-order valence-corrected chi connectivity index (χ3v) is 3.57. The summed E-state index contributed by atoms with van der Waals surface area (Å²) in [4.78, 5) is 0. The van der Waals surface area contributed by atoms with Crippen molar-refractivity contribution in [1.29, 1.82) is 0 Å². The van der Waals surface area contributed by atoms with E-state index < -0.39 is 0 Å². The Morgan fingerprint density at radius 1 is 1.00 bits per heavy atom. The molecule has 0 N–H and O–H groups in total. The second-order valence-electron chi connectivity index (χ2n) is 4.57. The van der Waals surface area contributed by atoms with Crippen molar-refractivity contribution in [2.24, 2.45) is 11.8 Å². The molecule has 0 spiro atoms. The maximum Gasteiger partial charge on any atom is 0.0605 e. The van der Waals surface area contributed by atoms with Crippen molar-refractivity contribution < 1.29 is 4.74 Å². The second-order valence-corrected chi connectivity index (χ2v) is 4.57. The van der Waals surface area contributed by atoms with E-state index in [-0.39, 0.29) is 0 Å². The van der Waals surface area contributed by atoms with E-state index in [1.807, 2.05) is 0 Å². The summed E-state index contributed by atoms with van der Waals surface area (Å²) < 4.78 is 5.84. The third-order valence-electron chi connectivity index (χ3n) is 3.57. The van der Waals surface area contributed by atoms with E-state index >= 15 is 0 Å². The molecule has 0 aromatic heterocycles. The molecule has 1 heteroatoms. The van der Waals surface area contributed by atoms with Crippen LogP contribution in [0.3, 0.4) is 0 Å². The minimum absolute atomic E-state index is 0.580. The lowest BCUT2D eigenvalue weighted by molar-refractivity contribution is 0.0242. The van der Waals surface area contributed by atoms with E-state index in [4.69, 9.17) is 4.74 Å². The van der Waals surface area contributed by atoms with Crippen LogP contribution in [0.5, 0.6) is 0 Å². The summed E-state index contributed by atoms with van der Waals surface area (Å²) in [6.45, 7) is 7.61. The largest absolute Gasteiger partial charge is 0.378 e. The summed E-state index contributed by atoms with van der Waals surface area (Å²) in [7, 11) is 0. The lowest BCUT2D eigenvalue weighted by Crippen LogP contribution is -2.22. The van der Waals surface area contributed by atoms with E-state index in [1.54, 1.807) is 0 Å². The monoisotopic (exact) mass is 198 g/mol. The van der Waals surface area contributed by atoms with Gasteiger partial charge in [0.1, 0.15) is 0 Å². The standard InChI is InChI=1S/C13H26O/c1-4-7-11-9-10-13(14-6-3)12(11)8-5-2/h11-13H,4-10H2,1-3H3/t11?,12-,13?/m1/s1. The molecule has 84 valence electrons. The van der Waals surface area contributed by atoms with Crippen molar-refractivity contribution in [1.82, 2.24) is 0 Å². The first-order chi connectivity index (χ1) is 6.83. The quantitative estimate of drug-likeness (QED) is 0.626. The van der Waals surface area contributed by atoms with Crippen molar-refractivity contribution in [2.45, 2.75) is 65.4 Å². The summed E-state index contributed by atoms with van der Waals surface area (Å²) in [5, 5.41) is 0. The summed E-state index contributed by atoms with van der Waals surface area (Å²) in [5.74, 6) is 1.82. The van der Waals surface area contributed by atoms with Gasteiger partial charge in [0.05, 0.1) is 6.10 Å². The van der Waals surface area contributed by atoms with Crippen LogP contribution < -0.4 is 0 Å². The van der Waals surface area contributed by atoms with Crippen molar-refractivity contribution in [2.75, 3.05) is 6.61 Å². The molecule has 0 aliphatic heterocycles. The number of ether oxygens (including phenoxy) is 1. The lowest BCUT2D eigenvalue weighted by Gasteiger charge is -2.24. The predicted octanol–water partition coefficient (Wildman–Crippen LogP) is 4.02. The Kier molecular flexibility index (Phi) is 5.54. The molecule has 1 aliphatic rings. The van der Waals surface area contributed by atoms with Crippen LogP contribution in [0, 0.1) is 11.8 Å². The smallest absolute Gasteiger partial charge is 0.0605 e. The first kappa shape index (κ1) is 12.0. The number of rotatable bonds is 6. The molecule has 3 atom stereocenters. The molecule has 1 aliphatic carbocycles. The Labute approximate surface area is 89.2 Å². The molecule has 1 rings (SSSR count). The fourth-order valence-corrected chi connectivity index (χ4v) is 3.02. The maximum atomic E-state index is 5.84. The van der Waals surface area contributed by atoms with Crippen LogP contribution in [0.4, 0.5) is 0 Å². The van der Waals surface area contributed by atoms with Gasteiger partial charge in [-0.15, -0.1) is 0 Å². The van der Waals surface area contributed by atoms with Crippen molar-refractivity contribution in [3.63, 3.8) is 0 Å². The fraction of sp³-hybridized carbons (Fsp3) is 1.00. The molecule has 14 heavy (non-hydrogen) atoms. The highest BCUT2D eigenvalue weighted by Gasteiger charge is 2.34. The Morgan fingerprint density at radius 2 is 1.71 bits per heavy atom. The van der Waals surface area contributed by atoms with Gasteiger partial charge in [0.15, 0.2) is 0 Å². The molecule has 1 nitrogen and oxygen atoms in total. The third kappa shape index (κ3) is 2.98. The van der Waals surface area contributed by atoms with Gasteiger partial charge in [-0.3, -0.25) is 0 Å². The van der Waals surface area contributed by atoms with Crippen LogP contribution in [-0.2, 0) is 4.74 Å². The predicted molar refractivity (Wildman–Crippen MR) is 61.4 cm³/mol. The first-order valence-corrected chi connectivity index (χ1v) is 6.45. The second kappa shape index (κ2) is 6.44. The van der Waals surface area contributed by atoms with Gasteiger partial charge in [0.2, 0.25) is 0 Å². The summed E-state index contributed by atoms with van der Waals surface area (Å²) in [6.07, 6.45) is 8.73. The Bertz CT molecular complexity index is 130. The topological polar surface area (TPSA) is 9.23 Å². The highest BCUT2D eigenvalue weighted by Crippen LogP contribution is 2.39. The Balaban J connectivity index is 2.45. The molecule has 0 radical (unpaired) electrons. The van der Waals surface area contributed by atoms with E-state index in [0.29, 0.717) is 6.10 Å². The van der Waals surface area contributed by atoms with Crippen molar-refractivity contribution >= 4 is 0 Å². The van der Waals surface area contributed by atoms with Gasteiger partial charge >= 0.3 is 0 Å². The first-order valence-electron chi connectivity index (χ1n) is 6.45. The minimum Gasteiger partial charge on any atom is -0.378 e. The molecular weight excluding hydrogens is 172 g/mol. The molecule has 0 heterocycles.